The van der Waals surface area contributed by atoms with Gasteiger partial charge in [0.15, 0.2) is 17.7 Å². The van der Waals surface area contributed by atoms with E-state index in [9.17, 15) is 73.2 Å². The highest BCUT2D eigenvalue weighted by atomic mass is 32.2. The summed E-state index contributed by atoms with van der Waals surface area (Å²) in [5.74, 6) is -3.02. The van der Waals surface area contributed by atoms with E-state index in [1.165, 1.54) is 6.92 Å². The van der Waals surface area contributed by atoms with Crippen LogP contribution in [0.2, 0.25) is 0 Å². The molecule has 0 bridgehead atoms. The molecule has 330 valence electrons. The van der Waals surface area contributed by atoms with Crippen molar-refractivity contribution in [3.63, 3.8) is 0 Å². The number of amides is 2. The molecule has 7 unspecified atom stereocenters. The van der Waals surface area contributed by atoms with Crippen LogP contribution in [0.1, 0.15) is 46.3 Å². The van der Waals surface area contributed by atoms with Gasteiger partial charge in [-0.05, 0) is 6.92 Å². The molecular formula is C27H41N7O20P3S-5. The third kappa shape index (κ3) is 15.4. The van der Waals surface area contributed by atoms with Crippen molar-refractivity contribution in [2.24, 2.45) is 5.41 Å². The number of aromatic nitrogens is 4. The lowest BCUT2D eigenvalue weighted by Gasteiger charge is -2.36. The number of anilines is 1. The molecule has 2 aromatic heterocycles. The molecule has 31 heteroatoms. The van der Waals surface area contributed by atoms with E-state index in [0.717, 1.165) is 42.8 Å². The zero-order chi connectivity index (χ0) is 43.9. The molecule has 2 amide bonds. The number of carboxylic acid groups (broad SMARTS) is 1. The fourth-order valence-corrected chi connectivity index (χ4v) is 8.83. The number of aliphatic hydroxyl groups excluding tert-OH is 3. The van der Waals surface area contributed by atoms with Crippen molar-refractivity contribution in [1.29, 1.82) is 0 Å². The number of phosphoric acid groups is 3. The number of nitrogens with two attached hydrogens (primary N) is 1. The molecule has 0 radical (unpaired) electrons. The molecule has 9 atom stereocenters. The Bertz CT molecular complexity index is 1900. The van der Waals surface area contributed by atoms with Crippen molar-refractivity contribution in [2.75, 3.05) is 37.8 Å². The Labute approximate surface area is 333 Å². The van der Waals surface area contributed by atoms with Crippen LogP contribution in [-0.4, -0.2) is 125 Å². The fourth-order valence-electron chi connectivity index (χ4n) is 5.12. The molecule has 1 fully saturated rings. The van der Waals surface area contributed by atoms with E-state index in [4.69, 9.17) is 10.5 Å². The first-order valence-corrected chi connectivity index (χ1v) is 22.1. The van der Waals surface area contributed by atoms with Crippen LogP contribution in [0, 0.1) is 5.41 Å². The predicted octanol–water partition coefficient (Wildman–Crippen LogP) is -5.79. The van der Waals surface area contributed by atoms with E-state index in [1.54, 1.807) is 0 Å². The van der Waals surface area contributed by atoms with Gasteiger partial charge >= 0.3 is 0 Å². The Hall–Kier alpha value is -2.72. The zero-order valence-electron chi connectivity index (χ0n) is 30.7. The summed E-state index contributed by atoms with van der Waals surface area (Å²) in [6, 6.07) is 0. The number of thioether (sulfide) groups is 1. The standard InChI is InChI=1S/C27H46N7O20P3S/c1-26(2,21(40)24(41)30-5-4-15(35)29-6-7-58-17(38)9-27(3,42)8-16(36)37)11-51-57(48,49)54-56(46,47)50-10-14-20(53-55(43,44)45)19(39)25(52-14)34-13-33-18-22(28)31-12-32-23(18)34/h12-14,17,19-21,25,38-40,42H,4-11H2,1-3H3,(H,29,35)(H,30,41)(H,36,37)(H,46,47)(H,48,49)(H2,28,31,32)(H2,43,44,45)/p-5/t14?,17-,19?,20?,21?,25?,27+/m1/s1. The quantitative estimate of drug-likeness (QED) is 0.0293. The van der Waals surface area contributed by atoms with Gasteiger partial charge in [-0.1, -0.05) is 13.8 Å². The Morgan fingerprint density at radius 3 is 2.34 bits per heavy atom. The first kappa shape index (κ1) is 49.6. The van der Waals surface area contributed by atoms with Gasteiger partial charge in [-0.3, -0.25) is 23.3 Å². The van der Waals surface area contributed by atoms with Gasteiger partial charge in [-0.25, -0.2) is 19.3 Å². The molecule has 3 heterocycles. The first-order valence-electron chi connectivity index (χ1n) is 16.7. The number of fused-ring (bicyclic) bond motifs is 1. The SMILES string of the molecule is CC(C)(COP(=O)([O-])OP(=O)([O-])OCC1OC(n2cnc3c(N)ncnc32)C(O)C1OP(=O)([O-])[O-])C(O)C(=O)NCCC(=O)NCCS[C@@H](O)C[C@@](C)(O)CC(=O)[O-]. The lowest BCUT2D eigenvalue weighted by Crippen LogP contribution is -2.46. The lowest BCUT2D eigenvalue weighted by molar-refractivity contribution is -0.347. The number of hydrogen-bond acceptors (Lipinski definition) is 25. The number of hydrogen-bond donors (Lipinski definition) is 7. The highest BCUT2D eigenvalue weighted by molar-refractivity contribution is 7.99. The number of imidazole rings is 1. The summed E-state index contributed by atoms with van der Waals surface area (Å²) in [7, 11) is -17.7. The van der Waals surface area contributed by atoms with E-state index >= 15 is 0 Å². The number of rotatable bonds is 24. The van der Waals surface area contributed by atoms with Crippen molar-refractivity contribution >= 4 is 70.0 Å². The second-order valence-corrected chi connectivity index (χ2v) is 18.9. The summed E-state index contributed by atoms with van der Waals surface area (Å²) in [4.78, 5) is 94.7. The molecule has 0 aliphatic carbocycles. The van der Waals surface area contributed by atoms with Crippen LogP contribution in [0.15, 0.2) is 12.7 Å². The van der Waals surface area contributed by atoms with E-state index in [-0.39, 0.29) is 48.7 Å². The maximum absolute atomic E-state index is 12.5. The number of aliphatic hydroxyl groups is 4. The average molecular weight is 909 g/mol. The number of aliphatic carboxylic acids is 1. The van der Waals surface area contributed by atoms with Crippen molar-refractivity contribution in [1.82, 2.24) is 30.2 Å². The molecular weight excluding hydrogens is 867 g/mol. The van der Waals surface area contributed by atoms with Crippen LogP contribution in [0.25, 0.3) is 11.2 Å². The maximum atomic E-state index is 12.5. The van der Waals surface area contributed by atoms with E-state index < -0.39 is 108 Å². The molecule has 27 nitrogen and oxygen atoms in total. The van der Waals surface area contributed by atoms with Crippen LogP contribution in [0.4, 0.5) is 5.82 Å². The van der Waals surface area contributed by atoms with Crippen molar-refractivity contribution in [3.05, 3.63) is 12.7 Å². The highest BCUT2D eigenvalue weighted by Crippen LogP contribution is 2.56. The first-order chi connectivity index (χ1) is 26.6. The number of carbonyl (C=O) groups is 3. The molecule has 1 aliphatic rings. The topological polar surface area (TPSA) is 438 Å². The molecule has 0 aromatic carbocycles. The predicted molar refractivity (Wildman–Crippen MR) is 184 cm³/mol. The average Bonchev–Trinajstić information content (AvgIpc) is 3.63. The van der Waals surface area contributed by atoms with Crippen LogP contribution in [-0.2, 0) is 50.7 Å². The third-order valence-corrected chi connectivity index (χ3v) is 11.9. The molecule has 2 aromatic rings. The van der Waals surface area contributed by atoms with Crippen molar-refractivity contribution in [3.8, 4) is 0 Å². The summed E-state index contributed by atoms with van der Waals surface area (Å²) in [5.41, 5.74) is 1.14. The Morgan fingerprint density at radius 2 is 1.71 bits per heavy atom. The van der Waals surface area contributed by atoms with Gasteiger partial charge in [0, 0.05) is 49.5 Å². The molecule has 8 N–H and O–H groups in total. The smallest absolute Gasteiger partial charge is 0.274 e. The number of nitrogen functional groups attached to an aromatic ring is 1. The summed E-state index contributed by atoms with van der Waals surface area (Å²) in [5, 5.41) is 56.6. The molecule has 1 saturated heterocycles. The van der Waals surface area contributed by atoms with Crippen LogP contribution >= 0.6 is 35.2 Å². The Kier molecular flexibility index (Phi) is 17.3. The van der Waals surface area contributed by atoms with Gasteiger partial charge in [-0.15, -0.1) is 11.8 Å². The minimum atomic E-state index is -5.94. The molecule has 3 rings (SSSR count). The second-order valence-electron chi connectivity index (χ2n) is 13.6. The number of carbonyl (C=O) groups excluding carboxylic acids is 3. The largest absolute Gasteiger partial charge is 0.790 e. The number of nitrogens with one attached hydrogen (secondary N) is 2. The van der Waals surface area contributed by atoms with Gasteiger partial charge in [0.2, 0.25) is 11.8 Å². The highest BCUT2D eigenvalue weighted by Gasteiger charge is 2.47. The van der Waals surface area contributed by atoms with Crippen molar-refractivity contribution < 1.29 is 95.8 Å². The monoisotopic (exact) mass is 908 g/mol. The normalized spacial score (nSPS) is 23.0. The van der Waals surface area contributed by atoms with Crippen LogP contribution in [0.5, 0.6) is 0 Å². The molecule has 1 aliphatic heterocycles. The van der Waals surface area contributed by atoms with Gasteiger partial charge < -0.3 is 89.1 Å². The minimum absolute atomic E-state index is 0.0291. The number of phosphoric ester groups is 3. The van der Waals surface area contributed by atoms with Gasteiger partial charge in [0.05, 0.1) is 33.0 Å². The maximum Gasteiger partial charge on any atom is 0.274 e. The fraction of sp³-hybridized carbons (Fsp3) is 0.704. The number of carboxylic acids is 1. The minimum Gasteiger partial charge on any atom is -0.790 e. The van der Waals surface area contributed by atoms with Crippen LogP contribution < -0.4 is 41.0 Å². The molecule has 0 saturated carbocycles. The summed E-state index contributed by atoms with van der Waals surface area (Å²) in [6.07, 6.45) is -8.78. The lowest BCUT2D eigenvalue weighted by atomic mass is 9.87. The number of nitrogens with zero attached hydrogens (tertiary/aromatic N) is 4. The zero-order valence-corrected chi connectivity index (χ0v) is 34.2. The molecule has 0 spiro atoms. The second kappa shape index (κ2) is 20.2. The summed E-state index contributed by atoms with van der Waals surface area (Å²) >= 11 is 0.934. The van der Waals surface area contributed by atoms with Gasteiger partial charge in [0.1, 0.15) is 41.7 Å². The Morgan fingerprint density at radius 1 is 1.05 bits per heavy atom. The van der Waals surface area contributed by atoms with E-state index in [2.05, 4.69) is 43.5 Å². The number of ether oxygens (including phenoxy) is 1. The summed E-state index contributed by atoms with van der Waals surface area (Å²) < 4.78 is 60.4. The van der Waals surface area contributed by atoms with Gasteiger partial charge in [0.25, 0.3) is 15.6 Å². The Balaban J connectivity index is 1.47. The van der Waals surface area contributed by atoms with Gasteiger partial charge in [-0.2, -0.15) is 0 Å². The van der Waals surface area contributed by atoms with E-state index in [0.29, 0.717) is 0 Å². The van der Waals surface area contributed by atoms with Crippen LogP contribution in [0.3, 0.4) is 0 Å². The van der Waals surface area contributed by atoms with E-state index in [1.807, 2.05) is 0 Å². The summed E-state index contributed by atoms with van der Waals surface area (Å²) in [6.45, 7) is 0.977. The van der Waals surface area contributed by atoms with Crippen molar-refractivity contribution in [2.45, 2.75) is 81.7 Å². The third-order valence-electron chi connectivity index (χ3n) is 7.93. The molecule has 58 heavy (non-hydrogen) atoms.